The molecule has 1 fully saturated rings. The van der Waals surface area contributed by atoms with Gasteiger partial charge in [0, 0.05) is 0 Å². The zero-order chi connectivity index (χ0) is 11.6. The molecular weight excluding hydrogens is 192 g/mol. The summed E-state index contributed by atoms with van der Waals surface area (Å²) >= 11 is 0. The minimum atomic E-state index is 0.293. The molecule has 16 heavy (non-hydrogen) atoms. The second kappa shape index (κ2) is 4.61. The fourth-order valence-electron chi connectivity index (χ4n) is 2.83. The van der Waals surface area contributed by atoms with Crippen LogP contribution in [0, 0.1) is 18.3 Å². The second-order valence-electron chi connectivity index (χ2n) is 5.85. The molecule has 0 aliphatic heterocycles. The van der Waals surface area contributed by atoms with Crippen LogP contribution in [0.25, 0.3) is 0 Å². The standard InChI is InChI=1S/C16H23/c1-13-9-11-15(12-10-13)16(2,3)14-7-5-4-6-8-14/h4-8,11,13,15H,9-10,12H2,1-3H3. The van der Waals surface area contributed by atoms with Gasteiger partial charge in [0.25, 0.3) is 0 Å². The van der Waals surface area contributed by atoms with Crippen LogP contribution in [0.2, 0.25) is 0 Å². The highest BCUT2D eigenvalue weighted by atomic mass is 14.4. The molecule has 0 saturated heterocycles. The van der Waals surface area contributed by atoms with Crippen molar-refractivity contribution in [1.29, 1.82) is 0 Å². The Morgan fingerprint density at radius 3 is 2.31 bits per heavy atom. The molecule has 1 aromatic carbocycles. The van der Waals surface area contributed by atoms with Crippen molar-refractivity contribution in [2.24, 2.45) is 11.8 Å². The Morgan fingerprint density at radius 2 is 1.75 bits per heavy atom. The molecule has 87 valence electrons. The molecule has 0 heterocycles. The molecule has 0 bridgehead atoms. The Morgan fingerprint density at radius 1 is 1.06 bits per heavy atom. The molecule has 0 heteroatoms. The van der Waals surface area contributed by atoms with Gasteiger partial charge in [-0.2, -0.15) is 0 Å². The third-order valence-electron chi connectivity index (χ3n) is 4.24. The van der Waals surface area contributed by atoms with Gasteiger partial charge in [0.1, 0.15) is 0 Å². The van der Waals surface area contributed by atoms with E-state index in [0.29, 0.717) is 5.41 Å². The van der Waals surface area contributed by atoms with Gasteiger partial charge in [0.2, 0.25) is 0 Å². The van der Waals surface area contributed by atoms with Crippen LogP contribution in [0.4, 0.5) is 0 Å². The van der Waals surface area contributed by atoms with E-state index in [4.69, 9.17) is 0 Å². The van der Waals surface area contributed by atoms with Crippen molar-refractivity contribution in [2.75, 3.05) is 0 Å². The van der Waals surface area contributed by atoms with Crippen molar-refractivity contribution in [3.63, 3.8) is 0 Å². The predicted octanol–water partition coefficient (Wildman–Crippen LogP) is 4.60. The van der Waals surface area contributed by atoms with E-state index >= 15 is 0 Å². The molecule has 0 aromatic heterocycles. The fraction of sp³-hybridized carbons (Fsp3) is 0.562. The summed E-state index contributed by atoms with van der Waals surface area (Å²) in [5, 5.41) is 0. The van der Waals surface area contributed by atoms with E-state index in [1.807, 2.05) is 0 Å². The summed E-state index contributed by atoms with van der Waals surface area (Å²) in [7, 11) is 0. The lowest BCUT2D eigenvalue weighted by Gasteiger charge is -2.39. The Balaban J connectivity index is 2.13. The smallest absolute Gasteiger partial charge is 0.00726 e. The van der Waals surface area contributed by atoms with E-state index in [-0.39, 0.29) is 0 Å². The molecule has 1 aromatic rings. The monoisotopic (exact) mass is 215 g/mol. The average Bonchev–Trinajstić information content (AvgIpc) is 2.31. The molecule has 0 nitrogen and oxygen atoms in total. The first-order valence-corrected chi connectivity index (χ1v) is 6.49. The zero-order valence-corrected chi connectivity index (χ0v) is 10.7. The van der Waals surface area contributed by atoms with Crippen LogP contribution in [-0.4, -0.2) is 0 Å². The summed E-state index contributed by atoms with van der Waals surface area (Å²) in [6.45, 7) is 7.14. The Labute approximate surface area is 100 Å². The summed E-state index contributed by atoms with van der Waals surface area (Å²) in [4.78, 5) is 0. The maximum Gasteiger partial charge on any atom is -0.00726 e. The molecule has 2 rings (SSSR count). The molecule has 0 amide bonds. The van der Waals surface area contributed by atoms with Gasteiger partial charge >= 0.3 is 0 Å². The van der Waals surface area contributed by atoms with E-state index in [0.717, 1.165) is 11.8 Å². The maximum atomic E-state index is 2.56. The van der Waals surface area contributed by atoms with Crippen LogP contribution in [-0.2, 0) is 5.41 Å². The molecule has 1 aliphatic carbocycles. The highest BCUT2D eigenvalue weighted by Crippen LogP contribution is 2.41. The molecule has 0 N–H and O–H groups in total. The number of hydrogen-bond acceptors (Lipinski definition) is 0. The highest BCUT2D eigenvalue weighted by Gasteiger charge is 2.33. The quantitative estimate of drug-likeness (QED) is 0.676. The third kappa shape index (κ3) is 2.31. The molecule has 1 radical (unpaired) electrons. The van der Waals surface area contributed by atoms with Crippen molar-refractivity contribution in [3.8, 4) is 0 Å². The molecule has 2 unspecified atom stereocenters. The second-order valence-corrected chi connectivity index (χ2v) is 5.85. The largest absolute Gasteiger partial charge is 0.0625 e. The lowest BCUT2D eigenvalue weighted by atomic mass is 9.66. The first kappa shape index (κ1) is 11.7. The van der Waals surface area contributed by atoms with Gasteiger partial charge in [0.15, 0.2) is 0 Å². The Hall–Kier alpha value is -0.780. The molecule has 1 saturated carbocycles. The maximum absolute atomic E-state index is 2.56. The summed E-state index contributed by atoms with van der Waals surface area (Å²) in [6.07, 6.45) is 6.59. The van der Waals surface area contributed by atoms with Crippen LogP contribution < -0.4 is 0 Å². The highest BCUT2D eigenvalue weighted by molar-refractivity contribution is 5.25. The molecule has 0 spiro atoms. The van der Waals surface area contributed by atoms with Gasteiger partial charge < -0.3 is 0 Å². The van der Waals surface area contributed by atoms with Crippen molar-refractivity contribution >= 4 is 0 Å². The Kier molecular flexibility index (Phi) is 3.37. The number of hydrogen-bond donors (Lipinski definition) is 0. The summed E-state index contributed by atoms with van der Waals surface area (Å²) in [6, 6.07) is 11.0. The normalized spacial score (nSPS) is 26.7. The van der Waals surface area contributed by atoms with E-state index in [1.54, 1.807) is 0 Å². The van der Waals surface area contributed by atoms with Crippen LogP contribution in [0.1, 0.15) is 45.6 Å². The van der Waals surface area contributed by atoms with E-state index in [1.165, 1.54) is 24.8 Å². The first-order chi connectivity index (χ1) is 7.60. The van der Waals surface area contributed by atoms with Gasteiger partial charge in [-0.1, -0.05) is 57.5 Å². The van der Waals surface area contributed by atoms with Crippen LogP contribution in [0.15, 0.2) is 30.3 Å². The van der Waals surface area contributed by atoms with Crippen molar-refractivity contribution < 1.29 is 0 Å². The zero-order valence-electron chi connectivity index (χ0n) is 10.7. The number of rotatable bonds is 2. The van der Waals surface area contributed by atoms with Gasteiger partial charge in [0.05, 0.1) is 0 Å². The number of benzene rings is 1. The lowest BCUT2D eigenvalue weighted by Crippen LogP contribution is -2.32. The van der Waals surface area contributed by atoms with Crippen LogP contribution >= 0.6 is 0 Å². The lowest BCUT2D eigenvalue weighted by molar-refractivity contribution is 0.263. The predicted molar refractivity (Wildman–Crippen MR) is 70.3 cm³/mol. The van der Waals surface area contributed by atoms with E-state index in [2.05, 4.69) is 57.5 Å². The van der Waals surface area contributed by atoms with Crippen molar-refractivity contribution in [2.45, 2.75) is 45.4 Å². The topological polar surface area (TPSA) is 0 Å². The fourth-order valence-corrected chi connectivity index (χ4v) is 2.83. The van der Waals surface area contributed by atoms with Crippen LogP contribution in [0.3, 0.4) is 0 Å². The van der Waals surface area contributed by atoms with Crippen molar-refractivity contribution in [1.82, 2.24) is 0 Å². The first-order valence-electron chi connectivity index (χ1n) is 6.49. The summed E-state index contributed by atoms with van der Waals surface area (Å²) < 4.78 is 0. The van der Waals surface area contributed by atoms with Gasteiger partial charge in [-0.05, 0) is 42.1 Å². The van der Waals surface area contributed by atoms with E-state index < -0.39 is 0 Å². The summed E-state index contributed by atoms with van der Waals surface area (Å²) in [5.41, 5.74) is 1.77. The average molecular weight is 215 g/mol. The van der Waals surface area contributed by atoms with Crippen LogP contribution in [0.5, 0.6) is 0 Å². The SMILES string of the molecule is CC1C[CH]C(C(C)(C)c2ccccc2)CC1. The molecule has 2 atom stereocenters. The van der Waals surface area contributed by atoms with Crippen molar-refractivity contribution in [3.05, 3.63) is 42.3 Å². The summed E-state index contributed by atoms with van der Waals surface area (Å²) in [5.74, 6) is 1.63. The molecule has 1 aliphatic rings. The van der Waals surface area contributed by atoms with Gasteiger partial charge in [-0.3, -0.25) is 0 Å². The molecular formula is C16H23. The van der Waals surface area contributed by atoms with Gasteiger partial charge in [-0.25, -0.2) is 0 Å². The third-order valence-corrected chi connectivity index (χ3v) is 4.24. The Bertz CT molecular complexity index is 315. The van der Waals surface area contributed by atoms with E-state index in [9.17, 15) is 0 Å². The minimum Gasteiger partial charge on any atom is -0.0625 e. The van der Waals surface area contributed by atoms with Gasteiger partial charge in [-0.15, -0.1) is 0 Å². The minimum absolute atomic E-state index is 0.293.